The van der Waals surface area contributed by atoms with E-state index in [4.69, 9.17) is 21.7 Å². The Morgan fingerprint density at radius 2 is 1.96 bits per heavy atom. The molecular formula is C19H17N5O3S. The molecule has 2 aromatic carbocycles. The lowest BCUT2D eigenvalue weighted by atomic mass is 10.2. The van der Waals surface area contributed by atoms with Crippen LogP contribution in [-0.4, -0.2) is 38.8 Å². The predicted molar refractivity (Wildman–Crippen MR) is 107 cm³/mol. The molecule has 0 aliphatic heterocycles. The number of benzene rings is 2. The summed E-state index contributed by atoms with van der Waals surface area (Å²) in [5, 5.41) is 12.7. The van der Waals surface area contributed by atoms with Crippen LogP contribution in [0.15, 0.2) is 53.5 Å². The van der Waals surface area contributed by atoms with Crippen LogP contribution in [0.2, 0.25) is 0 Å². The summed E-state index contributed by atoms with van der Waals surface area (Å²) in [6, 6.07) is 12.7. The fraction of sp³-hybridized carbons (Fsp3) is 0.158. The molecule has 0 aliphatic carbocycles. The van der Waals surface area contributed by atoms with E-state index >= 15 is 0 Å². The topological polar surface area (TPSA) is 87.0 Å². The van der Waals surface area contributed by atoms with Crippen LogP contribution in [0.4, 0.5) is 0 Å². The number of aromatic amines is 1. The van der Waals surface area contributed by atoms with E-state index in [1.54, 1.807) is 49.2 Å². The quantitative estimate of drug-likeness (QED) is 0.523. The molecule has 0 atom stereocenters. The van der Waals surface area contributed by atoms with Crippen LogP contribution < -0.4 is 15.0 Å². The van der Waals surface area contributed by atoms with Crippen LogP contribution in [0, 0.1) is 4.77 Å². The third-order valence-electron chi connectivity index (χ3n) is 4.42. The second-order valence-corrected chi connectivity index (χ2v) is 6.40. The first-order chi connectivity index (χ1) is 13.6. The molecular weight excluding hydrogens is 378 g/mol. The Kier molecular flexibility index (Phi) is 4.66. The maximum Gasteiger partial charge on any atom is 0.275 e. The Hall–Kier alpha value is -3.46. The Bertz CT molecular complexity index is 1270. The van der Waals surface area contributed by atoms with Crippen molar-refractivity contribution in [3.8, 4) is 17.2 Å². The highest BCUT2D eigenvalue weighted by atomic mass is 32.1. The third-order valence-corrected chi connectivity index (χ3v) is 4.70. The standard InChI is InChI=1S/C19H17N5O3S/c1-26-13-7-8-16(27-2)15(9-13)24-17(21-22-19(24)28)11-23-18(25)14-6-4-3-5-12(14)10-20-23/h3-10H,11H2,1-2H3,(H,22,28). The van der Waals surface area contributed by atoms with Crippen molar-refractivity contribution in [2.24, 2.45) is 0 Å². The van der Waals surface area contributed by atoms with Crippen LogP contribution >= 0.6 is 12.2 Å². The summed E-state index contributed by atoms with van der Waals surface area (Å²) in [6.07, 6.45) is 1.66. The number of rotatable bonds is 5. The molecule has 0 spiro atoms. The van der Waals surface area contributed by atoms with Crippen molar-refractivity contribution in [2.45, 2.75) is 6.54 Å². The van der Waals surface area contributed by atoms with Gasteiger partial charge in [-0.15, -0.1) is 0 Å². The summed E-state index contributed by atoms with van der Waals surface area (Å²) in [7, 11) is 3.16. The van der Waals surface area contributed by atoms with Crippen molar-refractivity contribution in [1.82, 2.24) is 24.5 Å². The molecule has 2 heterocycles. The zero-order valence-corrected chi connectivity index (χ0v) is 16.1. The van der Waals surface area contributed by atoms with E-state index in [9.17, 15) is 4.79 Å². The highest BCUT2D eigenvalue weighted by Crippen LogP contribution is 2.28. The number of nitrogens with zero attached hydrogens (tertiary/aromatic N) is 4. The van der Waals surface area contributed by atoms with Gasteiger partial charge >= 0.3 is 0 Å². The number of hydrogen-bond acceptors (Lipinski definition) is 6. The van der Waals surface area contributed by atoms with Crippen molar-refractivity contribution >= 4 is 23.0 Å². The molecule has 0 radical (unpaired) electrons. The Morgan fingerprint density at radius 1 is 1.14 bits per heavy atom. The van der Waals surface area contributed by atoms with Gasteiger partial charge in [-0.05, 0) is 30.4 Å². The van der Waals surface area contributed by atoms with Crippen molar-refractivity contribution in [2.75, 3.05) is 14.2 Å². The molecule has 0 unspecified atom stereocenters. The van der Waals surface area contributed by atoms with Gasteiger partial charge in [0.2, 0.25) is 0 Å². The van der Waals surface area contributed by atoms with Gasteiger partial charge in [0.05, 0.1) is 31.5 Å². The minimum Gasteiger partial charge on any atom is -0.497 e. The SMILES string of the molecule is COc1ccc(OC)c(-n2c(Cn3ncc4ccccc4c3=O)n[nH]c2=S)c1. The van der Waals surface area contributed by atoms with Gasteiger partial charge in [-0.3, -0.25) is 14.5 Å². The molecule has 0 amide bonds. The summed E-state index contributed by atoms with van der Waals surface area (Å²) >= 11 is 5.41. The third kappa shape index (κ3) is 3.05. The Balaban J connectivity index is 1.84. The van der Waals surface area contributed by atoms with E-state index in [0.29, 0.717) is 33.2 Å². The number of hydrogen-bond donors (Lipinski definition) is 1. The molecule has 0 bridgehead atoms. The average molecular weight is 395 g/mol. The number of fused-ring (bicyclic) bond motifs is 1. The molecule has 1 N–H and O–H groups in total. The summed E-state index contributed by atoms with van der Waals surface area (Å²) in [5.74, 6) is 1.76. The molecule has 9 heteroatoms. The molecule has 4 rings (SSSR count). The van der Waals surface area contributed by atoms with E-state index in [-0.39, 0.29) is 12.1 Å². The highest BCUT2D eigenvalue weighted by Gasteiger charge is 2.16. The molecule has 8 nitrogen and oxygen atoms in total. The molecule has 28 heavy (non-hydrogen) atoms. The predicted octanol–water partition coefficient (Wildman–Crippen LogP) is 2.71. The number of nitrogens with one attached hydrogen (secondary N) is 1. The van der Waals surface area contributed by atoms with Crippen LogP contribution in [0.3, 0.4) is 0 Å². The van der Waals surface area contributed by atoms with Crippen molar-refractivity contribution in [1.29, 1.82) is 0 Å². The molecule has 142 valence electrons. The van der Waals surface area contributed by atoms with E-state index in [1.807, 2.05) is 18.2 Å². The van der Waals surface area contributed by atoms with E-state index in [1.165, 1.54) is 4.68 Å². The van der Waals surface area contributed by atoms with Gasteiger partial charge in [0.15, 0.2) is 10.6 Å². The van der Waals surface area contributed by atoms with Gasteiger partial charge in [-0.25, -0.2) is 4.68 Å². The fourth-order valence-electron chi connectivity index (χ4n) is 3.03. The lowest BCUT2D eigenvalue weighted by molar-refractivity contribution is 0.401. The zero-order valence-electron chi connectivity index (χ0n) is 15.2. The number of H-pyrrole nitrogens is 1. The first-order valence-electron chi connectivity index (χ1n) is 8.46. The van der Waals surface area contributed by atoms with Gasteiger partial charge in [-0.2, -0.15) is 10.2 Å². The largest absolute Gasteiger partial charge is 0.497 e. The minimum absolute atomic E-state index is 0.136. The molecule has 0 saturated heterocycles. The second-order valence-electron chi connectivity index (χ2n) is 6.01. The average Bonchev–Trinajstić information content (AvgIpc) is 3.09. The molecule has 0 fully saturated rings. The molecule has 4 aromatic rings. The van der Waals surface area contributed by atoms with E-state index in [2.05, 4.69) is 15.3 Å². The van der Waals surface area contributed by atoms with Gasteiger partial charge < -0.3 is 9.47 Å². The highest BCUT2D eigenvalue weighted by molar-refractivity contribution is 7.71. The first kappa shape index (κ1) is 17.9. The molecule has 2 aromatic heterocycles. The van der Waals surface area contributed by atoms with Crippen LogP contribution in [-0.2, 0) is 6.54 Å². The smallest absolute Gasteiger partial charge is 0.275 e. The van der Waals surface area contributed by atoms with Gasteiger partial charge in [0.1, 0.15) is 18.0 Å². The van der Waals surface area contributed by atoms with E-state index in [0.717, 1.165) is 5.39 Å². The zero-order chi connectivity index (χ0) is 19.7. The minimum atomic E-state index is -0.198. The number of methoxy groups -OCH3 is 2. The normalized spacial score (nSPS) is 10.9. The van der Waals surface area contributed by atoms with Gasteiger partial charge in [0, 0.05) is 11.5 Å². The van der Waals surface area contributed by atoms with E-state index < -0.39 is 0 Å². The van der Waals surface area contributed by atoms with Crippen molar-refractivity contribution in [3.63, 3.8) is 0 Å². The monoisotopic (exact) mass is 395 g/mol. The summed E-state index contributed by atoms with van der Waals surface area (Å²) < 4.78 is 14.2. The molecule has 0 saturated carbocycles. The lowest BCUT2D eigenvalue weighted by Gasteiger charge is -2.13. The number of aromatic nitrogens is 5. The maximum absolute atomic E-state index is 12.8. The summed E-state index contributed by atoms with van der Waals surface area (Å²) in [4.78, 5) is 12.8. The summed E-state index contributed by atoms with van der Waals surface area (Å²) in [5.41, 5.74) is 0.459. The fourth-order valence-corrected chi connectivity index (χ4v) is 3.28. The van der Waals surface area contributed by atoms with Crippen LogP contribution in [0.1, 0.15) is 5.82 Å². The lowest BCUT2D eigenvalue weighted by Crippen LogP contribution is -2.24. The van der Waals surface area contributed by atoms with Crippen molar-refractivity contribution < 1.29 is 9.47 Å². The summed E-state index contributed by atoms with van der Waals surface area (Å²) in [6.45, 7) is 0.136. The Morgan fingerprint density at radius 3 is 2.75 bits per heavy atom. The second kappa shape index (κ2) is 7.28. The number of ether oxygens (including phenoxy) is 2. The van der Waals surface area contributed by atoms with Gasteiger partial charge in [-0.1, -0.05) is 18.2 Å². The Labute approximate surface area is 165 Å². The maximum atomic E-state index is 12.8. The first-order valence-corrected chi connectivity index (χ1v) is 8.86. The van der Waals surface area contributed by atoms with Gasteiger partial charge in [0.25, 0.3) is 5.56 Å². The van der Waals surface area contributed by atoms with Crippen LogP contribution in [0.25, 0.3) is 16.5 Å². The molecule has 0 aliphatic rings. The van der Waals surface area contributed by atoms with Crippen LogP contribution in [0.5, 0.6) is 11.5 Å². The van der Waals surface area contributed by atoms with Crippen molar-refractivity contribution in [3.05, 3.63) is 69.6 Å².